The average Bonchev–Trinajstić information content (AvgIpc) is 2.46. The highest BCUT2D eigenvalue weighted by Crippen LogP contribution is 2.15. The topological polar surface area (TPSA) is 49.6 Å². The van der Waals surface area contributed by atoms with Crippen molar-refractivity contribution in [2.75, 3.05) is 0 Å². The summed E-state index contributed by atoms with van der Waals surface area (Å²) in [5, 5.41) is 8.03. The molecule has 0 atom stereocenters. The molecule has 18 heavy (non-hydrogen) atoms. The summed E-state index contributed by atoms with van der Waals surface area (Å²) in [6.07, 6.45) is 10.3. The van der Waals surface area contributed by atoms with Crippen LogP contribution in [0.25, 0.3) is 5.57 Å². The van der Waals surface area contributed by atoms with E-state index >= 15 is 0 Å². The predicted molar refractivity (Wildman–Crippen MR) is 73.5 cm³/mol. The van der Waals surface area contributed by atoms with Crippen molar-refractivity contribution in [3.63, 3.8) is 0 Å². The van der Waals surface area contributed by atoms with Gasteiger partial charge in [-0.2, -0.15) is 0 Å². The molecule has 0 amide bonds. The van der Waals surface area contributed by atoms with E-state index in [1.165, 1.54) is 0 Å². The van der Waals surface area contributed by atoms with Gasteiger partial charge >= 0.3 is 0 Å². The van der Waals surface area contributed by atoms with Crippen LogP contribution >= 0.6 is 0 Å². The van der Waals surface area contributed by atoms with Gasteiger partial charge in [0.2, 0.25) is 0 Å². The molecule has 0 aliphatic rings. The van der Waals surface area contributed by atoms with E-state index in [-0.39, 0.29) is 0 Å². The fourth-order valence-electron chi connectivity index (χ4n) is 1.55. The van der Waals surface area contributed by atoms with Gasteiger partial charge in [0, 0.05) is 35.9 Å². The van der Waals surface area contributed by atoms with Gasteiger partial charge < -0.3 is 5.41 Å². The maximum Gasteiger partial charge on any atom is 0.0633 e. The molecule has 0 bridgehead atoms. The van der Waals surface area contributed by atoms with Crippen LogP contribution in [0.4, 0.5) is 0 Å². The summed E-state index contributed by atoms with van der Waals surface area (Å²) in [4.78, 5) is 8.07. The SMILES string of the molecule is C=C/C(=C\C(=N)c1cccnc1)c1cccnc1. The number of allylic oxidation sites excluding steroid dienone is 3. The van der Waals surface area contributed by atoms with Gasteiger partial charge in [-0.1, -0.05) is 18.7 Å². The second-order valence-electron chi connectivity index (χ2n) is 3.70. The van der Waals surface area contributed by atoms with Crippen molar-refractivity contribution in [3.05, 3.63) is 78.9 Å². The lowest BCUT2D eigenvalue weighted by molar-refractivity contribution is 1.30. The highest BCUT2D eigenvalue weighted by Gasteiger charge is 2.01. The van der Waals surface area contributed by atoms with Crippen LogP contribution in [0.1, 0.15) is 11.1 Å². The monoisotopic (exact) mass is 235 g/mol. The first kappa shape index (κ1) is 11.9. The smallest absolute Gasteiger partial charge is 0.0633 e. The van der Waals surface area contributed by atoms with Gasteiger partial charge in [-0.25, -0.2) is 0 Å². The van der Waals surface area contributed by atoms with E-state index in [9.17, 15) is 0 Å². The van der Waals surface area contributed by atoms with E-state index in [0.29, 0.717) is 5.71 Å². The molecule has 2 rings (SSSR count). The van der Waals surface area contributed by atoms with Crippen molar-refractivity contribution in [1.82, 2.24) is 9.97 Å². The first-order valence-electron chi connectivity index (χ1n) is 5.55. The molecule has 2 aromatic rings. The predicted octanol–water partition coefficient (Wildman–Crippen LogP) is 3.11. The molecule has 0 radical (unpaired) electrons. The summed E-state index contributed by atoms with van der Waals surface area (Å²) >= 11 is 0. The van der Waals surface area contributed by atoms with Crippen LogP contribution in [0, 0.1) is 5.41 Å². The Morgan fingerprint density at radius 1 is 1.06 bits per heavy atom. The van der Waals surface area contributed by atoms with Crippen molar-refractivity contribution in [3.8, 4) is 0 Å². The number of nitrogens with one attached hydrogen (secondary N) is 1. The Labute approximate surface area is 106 Å². The van der Waals surface area contributed by atoms with Gasteiger partial charge in [0.05, 0.1) is 5.71 Å². The second kappa shape index (κ2) is 5.68. The van der Waals surface area contributed by atoms with Crippen LogP contribution in [-0.4, -0.2) is 15.7 Å². The second-order valence-corrected chi connectivity index (χ2v) is 3.70. The van der Waals surface area contributed by atoms with Gasteiger partial charge in [0.1, 0.15) is 0 Å². The van der Waals surface area contributed by atoms with Crippen molar-refractivity contribution in [2.24, 2.45) is 0 Å². The van der Waals surface area contributed by atoms with Crippen LogP contribution in [0.15, 0.2) is 67.8 Å². The third-order valence-electron chi connectivity index (χ3n) is 2.49. The van der Waals surface area contributed by atoms with Crippen molar-refractivity contribution >= 4 is 11.3 Å². The van der Waals surface area contributed by atoms with Crippen LogP contribution in [0.3, 0.4) is 0 Å². The summed E-state index contributed by atoms with van der Waals surface area (Å²) in [6.45, 7) is 3.78. The molecule has 3 heteroatoms. The number of aromatic nitrogens is 2. The third kappa shape index (κ3) is 2.77. The van der Waals surface area contributed by atoms with Crippen molar-refractivity contribution in [1.29, 1.82) is 5.41 Å². The van der Waals surface area contributed by atoms with Crippen molar-refractivity contribution < 1.29 is 0 Å². The van der Waals surface area contributed by atoms with E-state index < -0.39 is 0 Å². The van der Waals surface area contributed by atoms with Gasteiger partial charge in [-0.05, 0) is 29.8 Å². The molecule has 2 aromatic heterocycles. The minimum atomic E-state index is 0.404. The molecule has 88 valence electrons. The van der Waals surface area contributed by atoms with Crippen LogP contribution in [0.2, 0.25) is 0 Å². The average molecular weight is 235 g/mol. The molecule has 1 N–H and O–H groups in total. The Kier molecular flexibility index (Phi) is 3.76. The zero-order valence-electron chi connectivity index (χ0n) is 9.88. The maximum atomic E-state index is 8.03. The molecular weight excluding hydrogens is 222 g/mol. The fourth-order valence-corrected chi connectivity index (χ4v) is 1.55. The molecule has 3 nitrogen and oxygen atoms in total. The van der Waals surface area contributed by atoms with Crippen molar-refractivity contribution in [2.45, 2.75) is 0 Å². The minimum Gasteiger partial charge on any atom is -0.300 e. The number of nitrogens with zero attached hydrogens (tertiary/aromatic N) is 2. The summed E-state index contributed by atoms with van der Waals surface area (Å²) < 4.78 is 0. The molecule has 0 aliphatic carbocycles. The highest BCUT2D eigenvalue weighted by atomic mass is 14.6. The maximum absolute atomic E-state index is 8.03. The summed E-state index contributed by atoms with van der Waals surface area (Å²) in [5.41, 5.74) is 3.00. The van der Waals surface area contributed by atoms with E-state index in [1.54, 1.807) is 36.9 Å². The molecule has 2 heterocycles. The zero-order chi connectivity index (χ0) is 12.8. The summed E-state index contributed by atoms with van der Waals surface area (Å²) in [7, 11) is 0. The van der Waals surface area contributed by atoms with Gasteiger partial charge in [-0.3, -0.25) is 9.97 Å². The first-order valence-corrected chi connectivity index (χ1v) is 5.55. The number of rotatable bonds is 4. The molecule has 0 saturated heterocycles. The standard InChI is InChI=1S/C15H13N3/c1-2-12(13-5-3-7-17-10-13)9-15(16)14-6-4-8-18-11-14/h2-11,16H,1H2/b12-9+,16-15?. The molecule has 0 fully saturated rings. The minimum absolute atomic E-state index is 0.404. The van der Waals surface area contributed by atoms with Gasteiger partial charge in [-0.15, -0.1) is 0 Å². The van der Waals surface area contributed by atoms with E-state index in [2.05, 4.69) is 16.5 Å². The lowest BCUT2D eigenvalue weighted by atomic mass is 10.0. The van der Waals surface area contributed by atoms with Gasteiger partial charge in [0.25, 0.3) is 0 Å². The zero-order valence-corrected chi connectivity index (χ0v) is 9.88. The first-order chi connectivity index (χ1) is 8.81. The Balaban J connectivity index is 2.32. The van der Waals surface area contributed by atoms with E-state index in [0.717, 1.165) is 16.7 Å². The lowest BCUT2D eigenvalue weighted by Gasteiger charge is -2.03. The Hall–Kier alpha value is -2.55. The summed E-state index contributed by atoms with van der Waals surface area (Å²) in [5.74, 6) is 0. The Morgan fingerprint density at radius 2 is 1.67 bits per heavy atom. The lowest BCUT2D eigenvalue weighted by Crippen LogP contribution is -1.96. The third-order valence-corrected chi connectivity index (χ3v) is 2.49. The Morgan fingerprint density at radius 3 is 2.17 bits per heavy atom. The molecule has 0 aromatic carbocycles. The molecule has 0 aliphatic heterocycles. The summed E-state index contributed by atoms with van der Waals surface area (Å²) in [6, 6.07) is 7.47. The Bertz CT molecular complexity index is 571. The normalized spacial score (nSPS) is 11.0. The largest absolute Gasteiger partial charge is 0.300 e. The highest BCUT2D eigenvalue weighted by molar-refractivity contribution is 6.10. The number of hydrogen-bond acceptors (Lipinski definition) is 3. The molecule has 0 saturated carbocycles. The molecule has 0 unspecified atom stereocenters. The fraction of sp³-hybridized carbons (Fsp3) is 0. The number of hydrogen-bond donors (Lipinski definition) is 1. The van der Waals surface area contributed by atoms with Crippen LogP contribution in [0.5, 0.6) is 0 Å². The molecular formula is C15H13N3. The van der Waals surface area contributed by atoms with E-state index in [1.807, 2.05) is 24.3 Å². The molecule has 0 spiro atoms. The van der Waals surface area contributed by atoms with E-state index in [4.69, 9.17) is 5.41 Å². The quantitative estimate of drug-likeness (QED) is 0.654. The number of pyridine rings is 2. The van der Waals surface area contributed by atoms with Gasteiger partial charge in [0.15, 0.2) is 0 Å². The van der Waals surface area contributed by atoms with Crippen LogP contribution in [-0.2, 0) is 0 Å². The van der Waals surface area contributed by atoms with Crippen LogP contribution < -0.4 is 0 Å².